The summed E-state index contributed by atoms with van der Waals surface area (Å²) < 4.78 is 1.12. The lowest BCUT2D eigenvalue weighted by Crippen LogP contribution is -2.46. The molecule has 1 aliphatic carbocycles. The molecule has 0 heterocycles. The minimum absolute atomic E-state index is 0.237. The Balaban J connectivity index is 2.01. The minimum Gasteiger partial charge on any atom is -0.359 e. The van der Waals surface area contributed by atoms with Crippen molar-refractivity contribution >= 4 is 33.3 Å². The Labute approximate surface area is 128 Å². The highest BCUT2D eigenvalue weighted by molar-refractivity contribution is 9.10. The fourth-order valence-corrected chi connectivity index (χ4v) is 2.96. The van der Waals surface area contributed by atoms with E-state index in [-0.39, 0.29) is 5.41 Å². The van der Waals surface area contributed by atoms with Crippen molar-refractivity contribution < 1.29 is 0 Å². The van der Waals surface area contributed by atoms with Crippen molar-refractivity contribution in [2.45, 2.75) is 31.2 Å². The maximum absolute atomic E-state index is 5.29. The number of hydrogen-bond donors (Lipinski definition) is 2. The molecule has 0 spiro atoms. The van der Waals surface area contributed by atoms with Gasteiger partial charge in [0.2, 0.25) is 0 Å². The zero-order chi connectivity index (χ0) is 13.9. The van der Waals surface area contributed by atoms with Crippen LogP contribution in [0.25, 0.3) is 0 Å². The van der Waals surface area contributed by atoms with Gasteiger partial charge in [0.15, 0.2) is 5.11 Å². The van der Waals surface area contributed by atoms with Gasteiger partial charge >= 0.3 is 0 Å². The van der Waals surface area contributed by atoms with Gasteiger partial charge in [0, 0.05) is 22.5 Å². The molecule has 1 saturated carbocycles. The number of nitrogens with one attached hydrogen (secondary N) is 2. The molecule has 0 saturated heterocycles. The molecule has 2 nitrogen and oxygen atoms in total. The summed E-state index contributed by atoms with van der Waals surface area (Å²) >= 11 is 8.77. The van der Waals surface area contributed by atoms with Crippen LogP contribution in [0.15, 0.2) is 41.4 Å². The van der Waals surface area contributed by atoms with Crippen LogP contribution in [0.3, 0.4) is 0 Å². The first-order valence-corrected chi connectivity index (χ1v) is 7.70. The molecule has 2 rings (SSSR count). The van der Waals surface area contributed by atoms with E-state index in [9.17, 15) is 0 Å². The van der Waals surface area contributed by atoms with E-state index in [1.807, 2.05) is 0 Å². The Morgan fingerprint density at radius 2 is 2.11 bits per heavy atom. The van der Waals surface area contributed by atoms with Crippen LogP contribution in [0, 0.1) is 0 Å². The van der Waals surface area contributed by atoms with Gasteiger partial charge in [-0.1, -0.05) is 34.1 Å². The van der Waals surface area contributed by atoms with Crippen LogP contribution >= 0.6 is 28.1 Å². The highest BCUT2D eigenvalue weighted by Gasteiger charge is 2.48. The first-order chi connectivity index (χ1) is 9.08. The monoisotopic (exact) mass is 338 g/mol. The van der Waals surface area contributed by atoms with Gasteiger partial charge in [0.1, 0.15) is 0 Å². The van der Waals surface area contributed by atoms with Crippen molar-refractivity contribution in [1.29, 1.82) is 0 Å². The van der Waals surface area contributed by atoms with E-state index < -0.39 is 0 Å². The molecule has 1 atom stereocenters. The predicted molar refractivity (Wildman–Crippen MR) is 88.4 cm³/mol. The zero-order valence-electron chi connectivity index (χ0n) is 11.1. The quantitative estimate of drug-likeness (QED) is 0.634. The number of benzene rings is 1. The van der Waals surface area contributed by atoms with Crippen molar-refractivity contribution in [3.63, 3.8) is 0 Å². The molecule has 19 heavy (non-hydrogen) atoms. The lowest BCUT2D eigenvalue weighted by atomic mass is 9.89. The molecule has 102 valence electrons. The molecule has 0 amide bonds. The highest BCUT2D eigenvalue weighted by atomic mass is 79.9. The molecule has 0 radical (unpaired) electrons. The van der Waals surface area contributed by atoms with E-state index in [0.29, 0.717) is 17.7 Å². The van der Waals surface area contributed by atoms with E-state index in [1.54, 1.807) is 6.08 Å². The second-order valence-electron chi connectivity index (χ2n) is 5.03. The molecule has 2 N–H and O–H groups in total. The number of halogens is 1. The first kappa shape index (κ1) is 14.5. The van der Waals surface area contributed by atoms with Gasteiger partial charge in [-0.05, 0) is 49.7 Å². The molecular weight excluding hydrogens is 320 g/mol. The van der Waals surface area contributed by atoms with E-state index in [0.717, 1.165) is 4.47 Å². The van der Waals surface area contributed by atoms with Crippen LogP contribution in [-0.4, -0.2) is 17.7 Å². The molecule has 0 bridgehead atoms. The van der Waals surface area contributed by atoms with E-state index in [4.69, 9.17) is 12.2 Å². The van der Waals surface area contributed by atoms with E-state index in [1.165, 1.54) is 18.4 Å². The largest absolute Gasteiger partial charge is 0.359 e. The van der Waals surface area contributed by atoms with Gasteiger partial charge in [-0.3, -0.25) is 0 Å². The van der Waals surface area contributed by atoms with Crippen LogP contribution in [0.4, 0.5) is 0 Å². The van der Waals surface area contributed by atoms with Crippen molar-refractivity contribution in [2.75, 3.05) is 6.54 Å². The number of thiocarbonyl (C=S) groups is 1. The number of hydrogen-bond acceptors (Lipinski definition) is 1. The Hall–Kier alpha value is -0.870. The lowest BCUT2D eigenvalue weighted by Gasteiger charge is -2.26. The summed E-state index contributed by atoms with van der Waals surface area (Å²) in [6, 6.07) is 8.95. The van der Waals surface area contributed by atoms with Gasteiger partial charge in [-0.15, -0.1) is 6.58 Å². The van der Waals surface area contributed by atoms with Crippen LogP contribution < -0.4 is 10.6 Å². The van der Waals surface area contributed by atoms with Crippen LogP contribution in [0.5, 0.6) is 0 Å². The molecular formula is C15H19BrN2S. The van der Waals surface area contributed by atoms with E-state index in [2.05, 4.69) is 64.3 Å². The maximum Gasteiger partial charge on any atom is 0.166 e. The van der Waals surface area contributed by atoms with Gasteiger partial charge in [-0.25, -0.2) is 0 Å². The summed E-state index contributed by atoms with van der Waals surface area (Å²) in [6.45, 7) is 6.58. The van der Waals surface area contributed by atoms with Gasteiger partial charge in [-0.2, -0.15) is 0 Å². The zero-order valence-corrected chi connectivity index (χ0v) is 13.5. The summed E-state index contributed by atoms with van der Waals surface area (Å²) in [4.78, 5) is 0. The third-order valence-corrected chi connectivity index (χ3v) is 4.58. The summed E-state index contributed by atoms with van der Waals surface area (Å²) in [5.74, 6) is 0. The average Bonchev–Trinajstić information content (AvgIpc) is 3.18. The topological polar surface area (TPSA) is 24.1 Å². The van der Waals surface area contributed by atoms with Crippen molar-refractivity contribution in [3.8, 4) is 0 Å². The molecule has 1 unspecified atom stereocenters. The minimum atomic E-state index is 0.237. The predicted octanol–water partition coefficient (Wildman–Crippen LogP) is 3.52. The lowest BCUT2D eigenvalue weighted by molar-refractivity contribution is 0.508. The smallest absolute Gasteiger partial charge is 0.166 e. The van der Waals surface area contributed by atoms with Gasteiger partial charge < -0.3 is 10.6 Å². The Kier molecular flexibility index (Phi) is 4.63. The summed E-state index contributed by atoms with van der Waals surface area (Å²) in [5, 5.41) is 7.21. The van der Waals surface area contributed by atoms with Crippen molar-refractivity contribution in [2.24, 2.45) is 0 Å². The third kappa shape index (κ3) is 3.37. The summed E-state index contributed by atoms with van der Waals surface area (Å²) in [6.07, 6.45) is 4.24. The molecule has 1 fully saturated rings. The molecule has 1 aromatic carbocycles. The molecule has 0 aliphatic heterocycles. The van der Waals surface area contributed by atoms with Crippen molar-refractivity contribution in [3.05, 3.63) is 47.0 Å². The highest BCUT2D eigenvalue weighted by Crippen LogP contribution is 2.51. The van der Waals surface area contributed by atoms with E-state index >= 15 is 0 Å². The molecule has 1 aromatic rings. The van der Waals surface area contributed by atoms with Gasteiger partial charge in [0.05, 0.1) is 0 Å². The first-order valence-electron chi connectivity index (χ1n) is 6.50. The normalized spacial score (nSPS) is 17.4. The second-order valence-corrected chi connectivity index (χ2v) is 6.35. The van der Waals surface area contributed by atoms with Crippen LogP contribution in [-0.2, 0) is 5.41 Å². The SMILES string of the molecule is C=CCNC(=S)NC(C)C1(c2ccc(Br)cc2)CC1. The Bertz CT molecular complexity index is 466. The van der Waals surface area contributed by atoms with Gasteiger partial charge in [0.25, 0.3) is 0 Å². The van der Waals surface area contributed by atoms with Crippen molar-refractivity contribution in [1.82, 2.24) is 10.6 Å². The molecule has 1 aliphatic rings. The fraction of sp³-hybridized carbons (Fsp3) is 0.400. The average molecular weight is 339 g/mol. The van der Waals surface area contributed by atoms with Crippen LogP contribution in [0.1, 0.15) is 25.3 Å². The third-order valence-electron chi connectivity index (χ3n) is 3.79. The summed E-state index contributed by atoms with van der Waals surface area (Å²) in [7, 11) is 0. The molecule has 4 heteroatoms. The van der Waals surface area contributed by atoms with Crippen LogP contribution in [0.2, 0.25) is 0 Å². The number of rotatable bonds is 5. The summed E-state index contributed by atoms with van der Waals surface area (Å²) in [5.41, 5.74) is 1.63. The maximum atomic E-state index is 5.29. The Morgan fingerprint density at radius 1 is 1.47 bits per heavy atom. The second kappa shape index (κ2) is 6.06. The standard InChI is InChI=1S/C15H19BrN2S/c1-3-10-17-14(19)18-11(2)15(8-9-15)12-4-6-13(16)7-5-12/h3-7,11H,1,8-10H2,2H3,(H2,17,18,19). The Morgan fingerprint density at radius 3 is 2.63 bits per heavy atom. The fourth-order valence-electron chi connectivity index (χ4n) is 2.44. The molecule has 0 aromatic heterocycles.